The predicted octanol–water partition coefficient (Wildman–Crippen LogP) is 1.89. The van der Waals surface area contributed by atoms with E-state index in [-0.39, 0.29) is 6.04 Å². The van der Waals surface area contributed by atoms with E-state index in [0.29, 0.717) is 6.04 Å². The SMILES string of the molecule is NC(c1ccccc1)c1cncn1C1CCOC1. The van der Waals surface area contributed by atoms with Crippen LogP contribution in [0.15, 0.2) is 42.9 Å². The standard InChI is InChI=1S/C14H17N3O/c15-14(11-4-2-1-3-5-11)13-8-16-10-17(13)12-6-7-18-9-12/h1-5,8,10,12,14H,6-7,9,15H2. The lowest BCUT2D eigenvalue weighted by Crippen LogP contribution is -2.19. The fraction of sp³-hybridized carbons (Fsp3) is 0.357. The van der Waals surface area contributed by atoms with Crippen LogP contribution in [0.5, 0.6) is 0 Å². The first-order valence-electron chi connectivity index (χ1n) is 6.26. The summed E-state index contributed by atoms with van der Waals surface area (Å²) in [7, 11) is 0. The fourth-order valence-electron chi connectivity index (χ4n) is 2.43. The summed E-state index contributed by atoms with van der Waals surface area (Å²) >= 11 is 0. The van der Waals surface area contributed by atoms with Gasteiger partial charge in [0.15, 0.2) is 0 Å². The van der Waals surface area contributed by atoms with E-state index in [4.69, 9.17) is 10.5 Å². The fourth-order valence-corrected chi connectivity index (χ4v) is 2.43. The molecule has 18 heavy (non-hydrogen) atoms. The van der Waals surface area contributed by atoms with Crippen molar-refractivity contribution in [3.63, 3.8) is 0 Å². The second kappa shape index (κ2) is 4.92. The second-order valence-corrected chi connectivity index (χ2v) is 4.63. The molecule has 94 valence electrons. The maximum Gasteiger partial charge on any atom is 0.0952 e. The Labute approximate surface area is 106 Å². The van der Waals surface area contributed by atoms with Crippen molar-refractivity contribution in [3.8, 4) is 0 Å². The van der Waals surface area contributed by atoms with Crippen molar-refractivity contribution < 1.29 is 4.74 Å². The first-order chi connectivity index (χ1) is 8.86. The number of imidazole rings is 1. The summed E-state index contributed by atoms with van der Waals surface area (Å²) in [6.45, 7) is 1.58. The number of aromatic nitrogens is 2. The van der Waals surface area contributed by atoms with E-state index < -0.39 is 0 Å². The lowest BCUT2D eigenvalue weighted by atomic mass is 10.0. The third kappa shape index (κ3) is 2.05. The predicted molar refractivity (Wildman–Crippen MR) is 69.2 cm³/mol. The molecular formula is C14H17N3O. The van der Waals surface area contributed by atoms with Gasteiger partial charge in [0.25, 0.3) is 0 Å². The molecule has 1 aliphatic heterocycles. The lowest BCUT2D eigenvalue weighted by molar-refractivity contribution is 0.186. The van der Waals surface area contributed by atoms with Crippen LogP contribution in [-0.2, 0) is 4.74 Å². The molecule has 3 rings (SSSR count). The Bertz CT molecular complexity index is 503. The van der Waals surface area contributed by atoms with Gasteiger partial charge in [-0.3, -0.25) is 0 Å². The van der Waals surface area contributed by atoms with Gasteiger partial charge in [-0.25, -0.2) is 4.98 Å². The second-order valence-electron chi connectivity index (χ2n) is 4.63. The Morgan fingerprint density at radius 1 is 1.33 bits per heavy atom. The molecule has 1 aromatic carbocycles. The van der Waals surface area contributed by atoms with Crippen molar-refractivity contribution in [2.45, 2.75) is 18.5 Å². The largest absolute Gasteiger partial charge is 0.379 e. The van der Waals surface area contributed by atoms with E-state index in [1.165, 1.54) is 0 Å². The minimum atomic E-state index is -0.130. The number of benzene rings is 1. The molecular weight excluding hydrogens is 226 g/mol. The summed E-state index contributed by atoms with van der Waals surface area (Å²) in [6, 6.07) is 10.4. The van der Waals surface area contributed by atoms with Crippen LogP contribution in [0.25, 0.3) is 0 Å². The van der Waals surface area contributed by atoms with Crippen LogP contribution in [0.4, 0.5) is 0 Å². The van der Waals surface area contributed by atoms with Gasteiger partial charge in [-0.1, -0.05) is 30.3 Å². The van der Waals surface area contributed by atoms with Gasteiger partial charge in [0, 0.05) is 6.61 Å². The van der Waals surface area contributed by atoms with Gasteiger partial charge < -0.3 is 15.0 Å². The number of hydrogen-bond acceptors (Lipinski definition) is 3. The van der Waals surface area contributed by atoms with Crippen LogP contribution in [0, 0.1) is 0 Å². The van der Waals surface area contributed by atoms with Crippen LogP contribution in [-0.4, -0.2) is 22.8 Å². The Morgan fingerprint density at radius 3 is 2.89 bits per heavy atom. The minimum Gasteiger partial charge on any atom is -0.379 e. The van der Waals surface area contributed by atoms with Gasteiger partial charge in [-0.15, -0.1) is 0 Å². The quantitative estimate of drug-likeness (QED) is 0.895. The molecule has 2 N–H and O–H groups in total. The molecule has 0 aliphatic carbocycles. The minimum absolute atomic E-state index is 0.130. The van der Waals surface area contributed by atoms with Gasteiger partial charge >= 0.3 is 0 Å². The Balaban J connectivity index is 1.90. The molecule has 4 nitrogen and oxygen atoms in total. The molecule has 1 fully saturated rings. The number of nitrogens with two attached hydrogens (primary N) is 1. The highest BCUT2D eigenvalue weighted by atomic mass is 16.5. The average Bonchev–Trinajstić information content (AvgIpc) is 3.09. The molecule has 1 aromatic heterocycles. The molecule has 2 unspecified atom stereocenters. The number of ether oxygens (including phenoxy) is 1. The van der Waals surface area contributed by atoms with Crippen LogP contribution < -0.4 is 5.73 Å². The number of rotatable bonds is 3. The topological polar surface area (TPSA) is 53.1 Å². The Hall–Kier alpha value is -1.65. The zero-order valence-corrected chi connectivity index (χ0v) is 10.2. The summed E-state index contributed by atoms with van der Waals surface area (Å²) in [4.78, 5) is 4.24. The van der Waals surface area contributed by atoms with Crippen molar-refractivity contribution >= 4 is 0 Å². The monoisotopic (exact) mass is 243 g/mol. The molecule has 1 saturated heterocycles. The van der Waals surface area contributed by atoms with E-state index in [0.717, 1.165) is 30.9 Å². The summed E-state index contributed by atoms with van der Waals surface area (Å²) in [6.07, 6.45) is 4.75. The summed E-state index contributed by atoms with van der Waals surface area (Å²) in [5.41, 5.74) is 8.49. The highest BCUT2D eigenvalue weighted by Crippen LogP contribution is 2.25. The van der Waals surface area contributed by atoms with Crippen molar-refractivity contribution in [2.75, 3.05) is 13.2 Å². The summed E-state index contributed by atoms with van der Waals surface area (Å²) < 4.78 is 7.59. The normalized spacial score (nSPS) is 21.1. The molecule has 4 heteroatoms. The van der Waals surface area contributed by atoms with Gasteiger partial charge in [-0.05, 0) is 12.0 Å². The van der Waals surface area contributed by atoms with Crippen molar-refractivity contribution in [1.82, 2.24) is 9.55 Å². The van der Waals surface area contributed by atoms with Crippen molar-refractivity contribution in [2.24, 2.45) is 5.73 Å². The highest BCUT2D eigenvalue weighted by Gasteiger charge is 2.22. The van der Waals surface area contributed by atoms with Gasteiger partial charge in [0.1, 0.15) is 0 Å². The van der Waals surface area contributed by atoms with E-state index in [9.17, 15) is 0 Å². The molecule has 2 aromatic rings. The molecule has 0 spiro atoms. The van der Waals surface area contributed by atoms with Crippen LogP contribution in [0.1, 0.15) is 29.8 Å². The molecule has 0 radical (unpaired) electrons. The van der Waals surface area contributed by atoms with E-state index >= 15 is 0 Å². The van der Waals surface area contributed by atoms with Gasteiger partial charge in [0.05, 0.1) is 36.9 Å². The zero-order valence-electron chi connectivity index (χ0n) is 10.2. The molecule has 2 heterocycles. The zero-order chi connectivity index (χ0) is 12.4. The highest BCUT2D eigenvalue weighted by molar-refractivity contribution is 5.26. The molecule has 0 saturated carbocycles. The lowest BCUT2D eigenvalue weighted by Gasteiger charge is -2.18. The van der Waals surface area contributed by atoms with Crippen molar-refractivity contribution in [1.29, 1.82) is 0 Å². The number of hydrogen-bond donors (Lipinski definition) is 1. The first kappa shape index (κ1) is 11.4. The maximum absolute atomic E-state index is 6.33. The summed E-state index contributed by atoms with van der Waals surface area (Å²) in [5.74, 6) is 0. The van der Waals surface area contributed by atoms with Crippen molar-refractivity contribution in [3.05, 3.63) is 54.1 Å². The smallest absolute Gasteiger partial charge is 0.0952 e. The first-order valence-corrected chi connectivity index (χ1v) is 6.26. The Morgan fingerprint density at radius 2 is 2.17 bits per heavy atom. The number of nitrogens with zero attached hydrogens (tertiary/aromatic N) is 2. The van der Waals surface area contributed by atoms with E-state index in [1.54, 1.807) is 0 Å². The third-order valence-corrected chi connectivity index (χ3v) is 3.47. The molecule has 2 atom stereocenters. The summed E-state index contributed by atoms with van der Waals surface area (Å²) in [5, 5.41) is 0. The van der Waals surface area contributed by atoms with Crippen LogP contribution in [0.2, 0.25) is 0 Å². The van der Waals surface area contributed by atoms with Crippen LogP contribution >= 0.6 is 0 Å². The van der Waals surface area contributed by atoms with Crippen LogP contribution in [0.3, 0.4) is 0 Å². The average molecular weight is 243 g/mol. The molecule has 0 amide bonds. The van der Waals surface area contributed by atoms with Gasteiger partial charge in [-0.2, -0.15) is 0 Å². The van der Waals surface area contributed by atoms with E-state index in [1.807, 2.05) is 42.9 Å². The Kier molecular flexibility index (Phi) is 3.13. The third-order valence-electron chi connectivity index (χ3n) is 3.47. The van der Waals surface area contributed by atoms with E-state index in [2.05, 4.69) is 9.55 Å². The van der Waals surface area contributed by atoms with Gasteiger partial charge in [0.2, 0.25) is 0 Å². The maximum atomic E-state index is 6.33. The molecule has 1 aliphatic rings. The molecule has 0 bridgehead atoms.